The van der Waals surface area contributed by atoms with Crippen molar-refractivity contribution >= 4 is 8.32 Å². The Morgan fingerprint density at radius 2 is 1.57 bits per heavy atom. The average molecular weight is 401 g/mol. The maximum atomic E-state index is 9.57. The summed E-state index contributed by atoms with van der Waals surface area (Å²) < 4.78 is 12.2. The van der Waals surface area contributed by atoms with Crippen molar-refractivity contribution in [3.8, 4) is 16.9 Å². The van der Waals surface area contributed by atoms with Crippen LogP contribution in [0.5, 0.6) is 5.75 Å². The highest BCUT2D eigenvalue weighted by molar-refractivity contribution is 6.74. The highest BCUT2D eigenvalue weighted by Gasteiger charge is 2.36. The van der Waals surface area contributed by atoms with Gasteiger partial charge in [-0.2, -0.15) is 0 Å². The van der Waals surface area contributed by atoms with Crippen molar-refractivity contribution in [2.75, 3.05) is 13.2 Å². The first-order chi connectivity index (χ1) is 13.0. The van der Waals surface area contributed by atoms with Crippen molar-refractivity contribution in [2.24, 2.45) is 0 Å². The van der Waals surface area contributed by atoms with Crippen LogP contribution >= 0.6 is 0 Å². The second-order valence-electron chi connectivity index (χ2n) is 9.14. The summed E-state index contributed by atoms with van der Waals surface area (Å²) in [5, 5.41) is 9.78. The Bertz CT molecular complexity index is 796. The molecule has 4 heteroatoms. The van der Waals surface area contributed by atoms with Crippen molar-refractivity contribution in [3.05, 3.63) is 52.6 Å². The quantitative estimate of drug-likeness (QED) is 0.446. The summed E-state index contributed by atoms with van der Waals surface area (Å²) in [5.41, 5.74) is 6.86. The first kappa shape index (κ1) is 22.7. The van der Waals surface area contributed by atoms with Gasteiger partial charge >= 0.3 is 0 Å². The molecule has 2 rings (SSSR count). The molecule has 0 aliphatic rings. The third kappa shape index (κ3) is 5.05. The predicted octanol–water partition coefficient (Wildman–Crippen LogP) is 6.17. The van der Waals surface area contributed by atoms with Gasteiger partial charge < -0.3 is 14.3 Å². The number of aliphatic hydroxyl groups excluding tert-OH is 1. The molecule has 1 N–H and O–H groups in total. The van der Waals surface area contributed by atoms with E-state index in [0.29, 0.717) is 13.2 Å². The molecule has 0 aliphatic heterocycles. The molecule has 0 spiro atoms. The molecule has 154 valence electrons. The van der Waals surface area contributed by atoms with Crippen LogP contribution in [0.2, 0.25) is 18.1 Å². The van der Waals surface area contributed by atoms with E-state index in [1.165, 1.54) is 22.3 Å². The number of aliphatic hydroxyl groups is 1. The normalized spacial score (nSPS) is 12.3. The van der Waals surface area contributed by atoms with Gasteiger partial charge in [0.15, 0.2) is 8.32 Å². The molecular weight excluding hydrogens is 364 g/mol. The molecule has 0 saturated heterocycles. The zero-order chi connectivity index (χ0) is 21.1. The molecule has 3 nitrogen and oxygen atoms in total. The second kappa shape index (κ2) is 8.81. The van der Waals surface area contributed by atoms with E-state index in [2.05, 4.69) is 72.8 Å². The summed E-state index contributed by atoms with van der Waals surface area (Å²) in [4.78, 5) is 0. The summed E-state index contributed by atoms with van der Waals surface area (Å²) >= 11 is 0. The van der Waals surface area contributed by atoms with Crippen LogP contribution in [0.1, 0.15) is 43.0 Å². The van der Waals surface area contributed by atoms with Crippen LogP contribution in [-0.2, 0) is 11.0 Å². The van der Waals surface area contributed by atoms with E-state index in [4.69, 9.17) is 9.16 Å². The third-order valence-corrected chi connectivity index (χ3v) is 10.6. The highest BCUT2D eigenvalue weighted by Crippen LogP contribution is 2.37. The van der Waals surface area contributed by atoms with Gasteiger partial charge in [0.05, 0.1) is 13.2 Å². The average Bonchev–Trinajstić information content (AvgIpc) is 2.58. The molecule has 0 heterocycles. The van der Waals surface area contributed by atoms with Gasteiger partial charge in [-0.25, -0.2) is 0 Å². The van der Waals surface area contributed by atoms with Crippen molar-refractivity contribution in [1.82, 2.24) is 0 Å². The number of hydrogen-bond donors (Lipinski definition) is 1. The van der Waals surface area contributed by atoms with Crippen molar-refractivity contribution in [3.63, 3.8) is 0 Å². The van der Waals surface area contributed by atoms with Crippen LogP contribution in [0.25, 0.3) is 11.1 Å². The fourth-order valence-electron chi connectivity index (χ4n) is 3.23. The Hall–Kier alpha value is -1.62. The summed E-state index contributed by atoms with van der Waals surface area (Å²) in [6.07, 6.45) is 0. The van der Waals surface area contributed by atoms with Gasteiger partial charge in [-0.3, -0.25) is 0 Å². The van der Waals surface area contributed by atoms with Crippen LogP contribution in [0, 0.1) is 20.8 Å². The summed E-state index contributed by atoms with van der Waals surface area (Å²) in [7, 11) is -1.73. The molecule has 28 heavy (non-hydrogen) atoms. The van der Waals surface area contributed by atoms with Crippen LogP contribution in [0.3, 0.4) is 0 Å². The van der Waals surface area contributed by atoms with Gasteiger partial charge in [-0.15, -0.1) is 0 Å². The minimum atomic E-state index is -1.73. The molecule has 0 unspecified atom stereocenters. The van der Waals surface area contributed by atoms with E-state index < -0.39 is 8.32 Å². The Balaban J connectivity index is 2.13. The molecule has 0 radical (unpaired) electrons. The Labute approximate surface area is 171 Å². The van der Waals surface area contributed by atoms with Gasteiger partial charge in [0, 0.05) is 0 Å². The molecule has 0 aromatic heterocycles. The van der Waals surface area contributed by atoms with E-state index in [1.807, 2.05) is 12.1 Å². The van der Waals surface area contributed by atoms with Crippen LogP contribution in [0.4, 0.5) is 0 Å². The van der Waals surface area contributed by atoms with Gasteiger partial charge in [-0.1, -0.05) is 39.0 Å². The minimum absolute atomic E-state index is 0.0627. The largest absolute Gasteiger partial charge is 0.491 e. The first-order valence-corrected chi connectivity index (χ1v) is 13.0. The van der Waals surface area contributed by atoms with Crippen molar-refractivity contribution in [2.45, 2.75) is 66.3 Å². The van der Waals surface area contributed by atoms with Gasteiger partial charge in [0.1, 0.15) is 12.4 Å². The van der Waals surface area contributed by atoms with E-state index in [-0.39, 0.29) is 11.6 Å². The SMILES string of the molecule is Cc1cc(OCCO[Si](C)(C)C(C)(C)C)cc(C)c1-c1cccc(CO)c1C. The molecule has 2 aromatic rings. The molecule has 0 saturated carbocycles. The monoisotopic (exact) mass is 400 g/mol. The maximum absolute atomic E-state index is 9.57. The molecule has 0 amide bonds. The molecule has 0 atom stereocenters. The van der Waals surface area contributed by atoms with Crippen LogP contribution < -0.4 is 4.74 Å². The topological polar surface area (TPSA) is 38.7 Å². The van der Waals surface area contributed by atoms with E-state index in [0.717, 1.165) is 16.9 Å². The number of hydrogen-bond acceptors (Lipinski definition) is 3. The highest BCUT2D eigenvalue weighted by atomic mass is 28.4. The molecular formula is C24H36O3Si. The van der Waals surface area contributed by atoms with E-state index in [9.17, 15) is 5.11 Å². The van der Waals surface area contributed by atoms with Crippen molar-refractivity contribution < 1.29 is 14.3 Å². The lowest BCUT2D eigenvalue weighted by Crippen LogP contribution is -2.41. The summed E-state index contributed by atoms with van der Waals surface area (Å²) in [6, 6.07) is 10.3. The Morgan fingerprint density at radius 1 is 0.964 bits per heavy atom. The Morgan fingerprint density at radius 3 is 2.11 bits per heavy atom. The predicted molar refractivity (Wildman–Crippen MR) is 121 cm³/mol. The van der Waals surface area contributed by atoms with E-state index in [1.54, 1.807) is 0 Å². The van der Waals surface area contributed by atoms with E-state index >= 15 is 0 Å². The number of rotatable bonds is 7. The van der Waals surface area contributed by atoms with Crippen LogP contribution in [-0.4, -0.2) is 26.6 Å². The van der Waals surface area contributed by atoms with Gasteiger partial charge in [-0.05, 0) is 84.4 Å². The smallest absolute Gasteiger partial charge is 0.192 e. The molecule has 2 aromatic carbocycles. The van der Waals surface area contributed by atoms with Crippen LogP contribution in [0.15, 0.2) is 30.3 Å². The summed E-state index contributed by atoms with van der Waals surface area (Å²) in [6.45, 7) is 18.8. The number of aryl methyl sites for hydroxylation is 2. The first-order valence-electron chi connectivity index (χ1n) is 10.1. The molecule has 0 bridgehead atoms. The molecule has 0 fully saturated rings. The lowest BCUT2D eigenvalue weighted by molar-refractivity contribution is 0.203. The number of ether oxygens (including phenoxy) is 1. The minimum Gasteiger partial charge on any atom is -0.491 e. The third-order valence-electron chi connectivity index (χ3n) is 6.01. The zero-order valence-corrected chi connectivity index (χ0v) is 19.8. The van der Waals surface area contributed by atoms with Gasteiger partial charge in [0.2, 0.25) is 0 Å². The fourth-order valence-corrected chi connectivity index (χ4v) is 4.26. The maximum Gasteiger partial charge on any atom is 0.192 e. The zero-order valence-electron chi connectivity index (χ0n) is 18.8. The molecule has 0 aliphatic carbocycles. The second-order valence-corrected chi connectivity index (χ2v) is 13.9. The number of benzene rings is 2. The fraction of sp³-hybridized carbons (Fsp3) is 0.500. The Kier molecular flexibility index (Phi) is 7.13. The van der Waals surface area contributed by atoms with Gasteiger partial charge in [0.25, 0.3) is 0 Å². The lowest BCUT2D eigenvalue weighted by Gasteiger charge is -2.36. The lowest BCUT2D eigenvalue weighted by atomic mass is 9.90. The summed E-state index contributed by atoms with van der Waals surface area (Å²) in [5.74, 6) is 0.883. The van der Waals surface area contributed by atoms with Crippen molar-refractivity contribution in [1.29, 1.82) is 0 Å². The standard InChI is InChI=1S/C24H36O3Si/c1-17-14-21(26-12-13-27-28(7,8)24(4,5)6)15-18(2)23(17)22-11-9-10-20(16-25)19(22)3/h9-11,14-15,25H,12-13,16H2,1-8H3.